The smallest absolute Gasteiger partial charge is 0.257 e. The Balaban J connectivity index is 1.55. The zero-order chi connectivity index (χ0) is 17.3. The van der Waals surface area contributed by atoms with Crippen LogP contribution in [-0.4, -0.2) is 42.6 Å². The first-order valence-electron chi connectivity index (χ1n) is 7.69. The molecule has 0 amide bonds. The van der Waals surface area contributed by atoms with Gasteiger partial charge in [0.15, 0.2) is 6.10 Å². The maximum absolute atomic E-state index is 12.8. The van der Waals surface area contributed by atoms with Gasteiger partial charge in [-0.2, -0.15) is 9.29 Å². The number of sulfonamides is 1. The summed E-state index contributed by atoms with van der Waals surface area (Å²) in [7, 11) is -3.57. The van der Waals surface area contributed by atoms with E-state index < -0.39 is 16.1 Å². The molecule has 1 aromatic carbocycles. The van der Waals surface area contributed by atoms with Gasteiger partial charge >= 0.3 is 0 Å². The summed E-state index contributed by atoms with van der Waals surface area (Å²) < 4.78 is 37.9. The fourth-order valence-corrected chi connectivity index (χ4v) is 4.70. The number of hydrogen-bond donors (Lipinski definition) is 0. The summed E-state index contributed by atoms with van der Waals surface area (Å²) in [6.07, 6.45) is -0.576. The van der Waals surface area contributed by atoms with E-state index in [1.807, 2.05) is 17.5 Å². The molecule has 1 atom stereocenters. The molecule has 4 rings (SSSR count). The highest BCUT2D eigenvalue weighted by Crippen LogP contribution is 2.28. The molecule has 0 saturated carbocycles. The summed E-state index contributed by atoms with van der Waals surface area (Å²) in [5, 5.41) is 5.88. The maximum Gasteiger partial charge on any atom is 0.257 e. The zero-order valence-corrected chi connectivity index (χ0v) is 14.7. The van der Waals surface area contributed by atoms with Crippen LogP contribution in [0.15, 0.2) is 57.3 Å². The third-order valence-electron chi connectivity index (χ3n) is 3.87. The van der Waals surface area contributed by atoms with E-state index >= 15 is 0 Å². The van der Waals surface area contributed by atoms with Gasteiger partial charge in [-0.3, -0.25) is 0 Å². The number of ether oxygens (including phenoxy) is 1. The molecule has 0 N–H and O–H groups in total. The van der Waals surface area contributed by atoms with Crippen molar-refractivity contribution in [3.8, 4) is 10.7 Å². The first-order valence-corrected chi connectivity index (χ1v) is 10.0. The lowest BCUT2D eigenvalue weighted by Gasteiger charge is -2.30. The number of nitrogens with zero attached hydrogens (tertiary/aromatic N) is 3. The van der Waals surface area contributed by atoms with Crippen molar-refractivity contribution in [3.05, 3.63) is 53.7 Å². The van der Waals surface area contributed by atoms with Crippen molar-refractivity contribution >= 4 is 21.4 Å². The minimum atomic E-state index is -3.57. The van der Waals surface area contributed by atoms with E-state index in [1.165, 1.54) is 15.6 Å². The summed E-state index contributed by atoms with van der Waals surface area (Å²) >= 11 is 1.51. The Morgan fingerprint density at radius 1 is 1.16 bits per heavy atom. The largest absolute Gasteiger partial charge is 0.366 e. The van der Waals surface area contributed by atoms with Gasteiger partial charge in [-0.05, 0) is 23.6 Å². The summed E-state index contributed by atoms with van der Waals surface area (Å²) in [5.41, 5.74) is 0. The maximum atomic E-state index is 12.8. The highest BCUT2D eigenvalue weighted by Gasteiger charge is 2.34. The van der Waals surface area contributed by atoms with Crippen molar-refractivity contribution in [2.45, 2.75) is 11.0 Å². The molecule has 9 heteroatoms. The van der Waals surface area contributed by atoms with Crippen LogP contribution in [0.2, 0.25) is 0 Å². The molecule has 3 aromatic rings. The molecule has 0 unspecified atom stereocenters. The van der Waals surface area contributed by atoms with Gasteiger partial charge < -0.3 is 9.26 Å². The van der Waals surface area contributed by atoms with Gasteiger partial charge in [0.2, 0.25) is 15.8 Å². The molecule has 0 radical (unpaired) electrons. The van der Waals surface area contributed by atoms with E-state index in [2.05, 4.69) is 10.1 Å². The molecule has 7 nitrogen and oxygen atoms in total. The highest BCUT2D eigenvalue weighted by molar-refractivity contribution is 7.89. The SMILES string of the molecule is O=S(=O)(c1ccccc1)N1CCO[C@H](c2nc(-c3cccs3)no2)C1. The highest BCUT2D eigenvalue weighted by atomic mass is 32.2. The van der Waals surface area contributed by atoms with E-state index in [4.69, 9.17) is 9.26 Å². The Morgan fingerprint density at radius 2 is 2.00 bits per heavy atom. The van der Waals surface area contributed by atoms with Crippen LogP contribution in [0.25, 0.3) is 10.7 Å². The average molecular weight is 377 g/mol. The molecule has 1 saturated heterocycles. The molecule has 1 aliphatic rings. The molecule has 1 aliphatic heterocycles. The number of benzene rings is 1. The number of aromatic nitrogens is 2. The Morgan fingerprint density at radius 3 is 2.76 bits per heavy atom. The number of hydrogen-bond acceptors (Lipinski definition) is 7. The summed E-state index contributed by atoms with van der Waals surface area (Å²) in [5.74, 6) is 0.771. The minimum Gasteiger partial charge on any atom is -0.366 e. The van der Waals surface area contributed by atoms with Gasteiger partial charge in [0.25, 0.3) is 5.89 Å². The molecule has 0 bridgehead atoms. The van der Waals surface area contributed by atoms with Gasteiger partial charge in [-0.1, -0.05) is 29.4 Å². The van der Waals surface area contributed by atoms with Gasteiger partial charge in [0.1, 0.15) is 0 Å². The fraction of sp³-hybridized carbons (Fsp3) is 0.250. The molecular formula is C16H15N3O4S2. The summed E-state index contributed by atoms with van der Waals surface area (Å²) in [4.78, 5) is 5.50. The van der Waals surface area contributed by atoms with E-state index in [0.717, 1.165) is 4.88 Å². The van der Waals surface area contributed by atoms with Crippen molar-refractivity contribution in [2.24, 2.45) is 0 Å². The quantitative estimate of drug-likeness (QED) is 0.695. The van der Waals surface area contributed by atoms with Gasteiger partial charge in [0.05, 0.1) is 16.4 Å². The molecule has 25 heavy (non-hydrogen) atoms. The van der Waals surface area contributed by atoms with Gasteiger partial charge in [-0.25, -0.2) is 8.42 Å². The fourth-order valence-electron chi connectivity index (χ4n) is 2.61. The van der Waals surface area contributed by atoms with E-state index in [9.17, 15) is 8.42 Å². The number of morpholine rings is 1. The van der Waals surface area contributed by atoms with Gasteiger partial charge in [-0.15, -0.1) is 11.3 Å². The van der Waals surface area contributed by atoms with Gasteiger partial charge in [0, 0.05) is 13.1 Å². The Hall–Kier alpha value is -2.07. The van der Waals surface area contributed by atoms with Crippen LogP contribution in [0.5, 0.6) is 0 Å². The third-order valence-corrected chi connectivity index (χ3v) is 6.61. The topological polar surface area (TPSA) is 85.5 Å². The summed E-state index contributed by atoms with van der Waals surface area (Å²) in [6.45, 7) is 0.705. The lowest BCUT2D eigenvalue weighted by atomic mass is 10.3. The van der Waals surface area contributed by atoms with Crippen LogP contribution < -0.4 is 0 Å². The molecular weight excluding hydrogens is 362 g/mol. The average Bonchev–Trinajstić information content (AvgIpc) is 3.34. The van der Waals surface area contributed by atoms with Crippen LogP contribution in [0.1, 0.15) is 12.0 Å². The molecule has 3 heterocycles. The Kier molecular flexibility index (Phi) is 4.38. The Labute approximate surface area is 148 Å². The second kappa shape index (κ2) is 6.68. The first-order chi connectivity index (χ1) is 12.1. The van der Waals surface area contributed by atoms with Crippen molar-refractivity contribution in [3.63, 3.8) is 0 Å². The lowest BCUT2D eigenvalue weighted by Crippen LogP contribution is -2.42. The lowest BCUT2D eigenvalue weighted by molar-refractivity contribution is -0.0199. The Bertz CT molecular complexity index is 939. The standard InChI is InChI=1S/C16H15N3O4S2/c20-25(21,12-5-2-1-3-6-12)19-8-9-22-13(11-19)16-17-15(18-23-16)14-7-4-10-24-14/h1-7,10,13H,8-9,11H2/t13-/m0/s1. The molecule has 0 aliphatic carbocycles. The van der Waals surface area contributed by atoms with E-state index in [1.54, 1.807) is 30.3 Å². The van der Waals surface area contributed by atoms with Crippen LogP contribution in [0, 0.1) is 0 Å². The van der Waals surface area contributed by atoms with Crippen LogP contribution >= 0.6 is 11.3 Å². The number of thiophene rings is 1. The second-order valence-electron chi connectivity index (χ2n) is 5.47. The van der Waals surface area contributed by atoms with Crippen molar-refractivity contribution in [2.75, 3.05) is 19.7 Å². The first kappa shape index (κ1) is 16.4. The van der Waals surface area contributed by atoms with Crippen LogP contribution in [0.3, 0.4) is 0 Å². The van der Waals surface area contributed by atoms with Crippen LogP contribution in [0.4, 0.5) is 0 Å². The predicted octanol–water partition coefficient (Wildman–Crippen LogP) is 2.56. The second-order valence-corrected chi connectivity index (χ2v) is 8.35. The third kappa shape index (κ3) is 3.23. The minimum absolute atomic E-state index is 0.142. The zero-order valence-electron chi connectivity index (χ0n) is 13.1. The number of rotatable bonds is 4. The van der Waals surface area contributed by atoms with Crippen molar-refractivity contribution in [1.29, 1.82) is 0 Å². The normalized spacial score (nSPS) is 19.1. The van der Waals surface area contributed by atoms with Crippen molar-refractivity contribution in [1.82, 2.24) is 14.4 Å². The monoisotopic (exact) mass is 377 g/mol. The molecule has 1 fully saturated rings. The molecule has 0 spiro atoms. The van der Waals surface area contributed by atoms with Crippen molar-refractivity contribution < 1.29 is 17.7 Å². The predicted molar refractivity (Wildman–Crippen MR) is 91.5 cm³/mol. The molecule has 130 valence electrons. The van der Waals surface area contributed by atoms with E-state index in [0.29, 0.717) is 12.4 Å². The van der Waals surface area contributed by atoms with Crippen LogP contribution in [-0.2, 0) is 14.8 Å². The summed E-state index contributed by atoms with van der Waals surface area (Å²) in [6, 6.07) is 12.2. The van der Waals surface area contributed by atoms with E-state index in [-0.39, 0.29) is 23.9 Å². The molecule has 2 aromatic heterocycles.